The minimum absolute atomic E-state index is 0.173. The molecular formula is C27H29N3. The second kappa shape index (κ2) is 9.69. The zero-order chi connectivity index (χ0) is 20.7. The maximum atomic E-state index is 8.95. The Hall–Kier alpha value is -2.96. The lowest BCUT2D eigenvalue weighted by Crippen LogP contribution is -2.52. The first-order valence-electron chi connectivity index (χ1n) is 11.0. The topological polar surface area (TPSA) is 39.9 Å². The lowest BCUT2D eigenvalue weighted by atomic mass is 9.70. The lowest BCUT2D eigenvalue weighted by Gasteiger charge is -2.51. The van der Waals surface area contributed by atoms with Crippen LogP contribution in [0.2, 0.25) is 0 Å². The molecule has 1 atom stereocenters. The Labute approximate surface area is 180 Å². The first-order chi connectivity index (χ1) is 14.8. The van der Waals surface area contributed by atoms with Crippen LogP contribution in [0, 0.1) is 11.3 Å². The van der Waals surface area contributed by atoms with E-state index in [1.165, 1.54) is 16.7 Å². The molecule has 1 aromatic heterocycles. The summed E-state index contributed by atoms with van der Waals surface area (Å²) in [6.45, 7) is 2.04. The summed E-state index contributed by atoms with van der Waals surface area (Å²) >= 11 is 0. The van der Waals surface area contributed by atoms with Gasteiger partial charge in [0.15, 0.2) is 0 Å². The second-order valence-electron chi connectivity index (χ2n) is 8.17. The fraction of sp³-hybridized carbons (Fsp3) is 0.333. The number of rotatable bonds is 7. The highest BCUT2D eigenvalue weighted by Crippen LogP contribution is 2.48. The van der Waals surface area contributed by atoms with Crippen LogP contribution in [0.25, 0.3) is 0 Å². The van der Waals surface area contributed by atoms with Gasteiger partial charge in [0.2, 0.25) is 0 Å². The first kappa shape index (κ1) is 20.3. The predicted molar refractivity (Wildman–Crippen MR) is 121 cm³/mol. The Kier molecular flexibility index (Phi) is 6.57. The minimum atomic E-state index is -0.173. The molecule has 1 fully saturated rings. The fourth-order valence-corrected chi connectivity index (χ4v) is 5.00. The molecule has 1 aliphatic heterocycles. The summed E-state index contributed by atoms with van der Waals surface area (Å²) in [6, 6.07) is 28.5. The Morgan fingerprint density at radius 3 is 2.23 bits per heavy atom. The van der Waals surface area contributed by atoms with Gasteiger partial charge in [-0.2, -0.15) is 5.26 Å². The van der Waals surface area contributed by atoms with E-state index in [9.17, 15) is 0 Å². The van der Waals surface area contributed by atoms with Crippen molar-refractivity contribution in [2.75, 3.05) is 13.1 Å². The van der Waals surface area contributed by atoms with Gasteiger partial charge in [0.1, 0.15) is 0 Å². The molecule has 0 N–H and O–H groups in total. The Morgan fingerprint density at radius 2 is 1.63 bits per heavy atom. The minimum Gasteiger partial charge on any atom is -0.290 e. The van der Waals surface area contributed by atoms with Gasteiger partial charge in [-0.15, -0.1) is 0 Å². The molecule has 3 nitrogen and oxygen atoms in total. The van der Waals surface area contributed by atoms with Crippen molar-refractivity contribution in [3.8, 4) is 6.07 Å². The van der Waals surface area contributed by atoms with Gasteiger partial charge in [0.05, 0.1) is 11.6 Å². The number of pyridine rings is 1. The maximum Gasteiger partial charge on any atom is 0.0721 e. The van der Waals surface area contributed by atoms with E-state index >= 15 is 0 Å². The molecule has 0 saturated carbocycles. The van der Waals surface area contributed by atoms with Crippen LogP contribution in [0.5, 0.6) is 0 Å². The molecule has 4 rings (SSSR count). The van der Waals surface area contributed by atoms with Crippen LogP contribution in [0.4, 0.5) is 0 Å². The zero-order valence-electron chi connectivity index (χ0n) is 17.5. The molecule has 30 heavy (non-hydrogen) atoms. The third-order valence-corrected chi connectivity index (χ3v) is 6.45. The summed E-state index contributed by atoms with van der Waals surface area (Å²) in [7, 11) is 0. The van der Waals surface area contributed by atoms with E-state index < -0.39 is 0 Å². The van der Waals surface area contributed by atoms with Crippen molar-refractivity contribution in [1.82, 2.24) is 9.88 Å². The van der Waals surface area contributed by atoms with Crippen LogP contribution in [0.1, 0.15) is 54.7 Å². The molecule has 152 valence electrons. The zero-order valence-corrected chi connectivity index (χ0v) is 17.5. The molecule has 0 spiro atoms. The van der Waals surface area contributed by atoms with Crippen LogP contribution < -0.4 is 0 Å². The quantitative estimate of drug-likeness (QED) is 0.468. The molecule has 0 radical (unpaired) electrons. The molecule has 0 bridgehead atoms. The third kappa shape index (κ3) is 4.15. The number of likely N-dealkylation sites (tertiary alicyclic amines) is 1. The van der Waals surface area contributed by atoms with E-state index in [1.807, 2.05) is 12.4 Å². The number of nitrogens with zero attached hydrogens (tertiary/aromatic N) is 3. The molecule has 2 aromatic carbocycles. The van der Waals surface area contributed by atoms with Crippen molar-refractivity contribution in [3.63, 3.8) is 0 Å². The van der Waals surface area contributed by atoms with E-state index in [-0.39, 0.29) is 5.54 Å². The van der Waals surface area contributed by atoms with Crippen LogP contribution in [0.15, 0.2) is 85.2 Å². The molecule has 0 unspecified atom stereocenters. The summed E-state index contributed by atoms with van der Waals surface area (Å²) in [5, 5.41) is 8.95. The third-order valence-electron chi connectivity index (χ3n) is 6.45. The van der Waals surface area contributed by atoms with E-state index in [0.717, 1.165) is 38.8 Å². The summed E-state index contributed by atoms with van der Waals surface area (Å²) < 4.78 is 0. The summed E-state index contributed by atoms with van der Waals surface area (Å²) in [4.78, 5) is 7.07. The summed E-state index contributed by atoms with van der Waals surface area (Å²) in [6.07, 6.45) is 8.70. The van der Waals surface area contributed by atoms with Crippen molar-refractivity contribution in [3.05, 3.63) is 102 Å². The molecular weight excluding hydrogens is 366 g/mol. The summed E-state index contributed by atoms with van der Waals surface area (Å²) in [5.74, 6) is 0.467. The number of aromatic nitrogens is 1. The highest BCUT2D eigenvalue weighted by molar-refractivity contribution is 5.40. The molecule has 3 heteroatoms. The number of hydrogen-bond donors (Lipinski definition) is 0. The number of nitriles is 1. The van der Waals surface area contributed by atoms with Gasteiger partial charge in [-0.3, -0.25) is 9.88 Å². The van der Waals surface area contributed by atoms with Gasteiger partial charge >= 0.3 is 0 Å². The normalized spacial score (nSPS) is 18.6. The molecule has 1 aliphatic rings. The lowest BCUT2D eigenvalue weighted by molar-refractivity contribution is 0.0639. The molecule has 0 amide bonds. The Morgan fingerprint density at radius 1 is 0.933 bits per heavy atom. The molecule has 3 aromatic rings. The van der Waals surface area contributed by atoms with Gasteiger partial charge < -0.3 is 0 Å². The largest absolute Gasteiger partial charge is 0.290 e. The van der Waals surface area contributed by atoms with E-state index in [1.54, 1.807) is 0 Å². The van der Waals surface area contributed by atoms with Crippen molar-refractivity contribution in [2.24, 2.45) is 0 Å². The highest BCUT2D eigenvalue weighted by atomic mass is 15.2. The van der Waals surface area contributed by atoms with Gasteiger partial charge in [0, 0.05) is 18.8 Å². The smallest absolute Gasteiger partial charge is 0.0721 e. The van der Waals surface area contributed by atoms with Gasteiger partial charge in [-0.1, -0.05) is 66.7 Å². The van der Waals surface area contributed by atoms with Crippen molar-refractivity contribution < 1.29 is 0 Å². The monoisotopic (exact) mass is 395 g/mol. The number of hydrogen-bond acceptors (Lipinski definition) is 3. The van der Waals surface area contributed by atoms with Crippen LogP contribution in [-0.4, -0.2) is 23.0 Å². The molecule has 1 saturated heterocycles. The van der Waals surface area contributed by atoms with E-state index in [4.69, 9.17) is 5.26 Å². The van der Waals surface area contributed by atoms with Crippen molar-refractivity contribution in [2.45, 2.75) is 43.6 Å². The molecule has 2 heterocycles. The average Bonchev–Trinajstić information content (AvgIpc) is 2.83. The highest BCUT2D eigenvalue weighted by Gasteiger charge is 2.45. The van der Waals surface area contributed by atoms with Crippen molar-refractivity contribution >= 4 is 0 Å². The van der Waals surface area contributed by atoms with Crippen LogP contribution in [-0.2, 0) is 5.54 Å². The number of piperidine rings is 1. The van der Waals surface area contributed by atoms with Crippen LogP contribution >= 0.6 is 0 Å². The standard InChI is InChI=1S/C27H29N3/c28-17-8-3-9-19-30-20-16-23(24-11-10-18-29-22-24)21-27(30,25-12-4-1-5-13-25)26-14-6-2-7-15-26/h1-2,4-7,10-15,18,22-23H,3,8-9,16,19-21H2/t23-/m1/s1. The SMILES string of the molecule is N#CCCCCN1CC[C@@H](c2cccnc2)CC1(c1ccccc1)c1ccccc1. The van der Waals surface area contributed by atoms with E-state index in [0.29, 0.717) is 12.3 Å². The summed E-state index contributed by atoms with van der Waals surface area (Å²) in [5.41, 5.74) is 3.86. The van der Waals surface area contributed by atoms with E-state index in [2.05, 4.69) is 88.7 Å². The van der Waals surface area contributed by atoms with Crippen LogP contribution in [0.3, 0.4) is 0 Å². The maximum absolute atomic E-state index is 8.95. The second-order valence-corrected chi connectivity index (χ2v) is 8.17. The molecule has 0 aliphatic carbocycles. The number of benzene rings is 2. The van der Waals surface area contributed by atoms with Crippen molar-refractivity contribution in [1.29, 1.82) is 5.26 Å². The Bertz CT molecular complexity index is 908. The van der Waals surface area contributed by atoms with Gasteiger partial charge in [0.25, 0.3) is 0 Å². The number of unbranched alkanes of at least 4 members (excludes halogenated alkanes) is 2. The fourth-order valence-electron chi connectivity index (χ4n) is 5.00. The Balaban J connectivity index is 1.77. The van der Waals surface area contributed by atoms with Gasteiger partial charge in [-0.05, 0) is 67.4 Å². The average molecular weight is 396 g/mol. The first-order valence-corrected chi connectivity index (χ1v) is 11.0. The van der Waals surface area contributed by atoms with Gasteiger partial charge in [-0.25, -0.2) is 0 Å². The predicted octanol–water partition coefficient (Wildman–Crippen LogP) is 5.90.